The van der Waals surface area contributed by atoms with Gasteiger partial charge in [-0.1, -0.05) is 18.2 Å². The predicted molar refractivity (Wildman–Crippen MR) is 96.1 cm³/mol. The van der Waals surface area contributed by atoms with E-state index in [1.165, 1.54) is 0 Å². The number of carbonyl (C=O) groups excluding carboxylic acids is 1. The van der Waals surface area contributed by atoms with Crippen LogP contribution in [0.25, 0.3) is 0 Å². The summed E-state index contributed by atoms with van der Waals surface area (Å²) in [5.74, 6) is 0.854. The molecule has 126 valence electrons. The van der Waals surface area contributed by atoms with E-state index in [9.17, 15) is 4.79 Å². The number of rotatable bonds is 4. The standard InChI is InChI=1S/C19H23N3O2/c1-24-16-7-4-6-15(14-16)21-18-9-3-2-8-17(18)19(23)22-12-5-10-20-11-13-22/h2-4,6-9,14,20-21H,5,10-13H2,1H3. The number of carbonyl (C=O) groups is 1. The van der Waals surface area contributed by atoms with Crippen LogP contribution < -0.4 is 15.4 Å². The fourth-order valence-electron chi connectivity index (χ4n) is 2.85. The van der Waals surface area contributed by atoms with E-state index in [1.807, 2.05) is 53.4 Å². The normalized spacial score (nSPS) is 14.8. The third-order valence-corrected chi connectivity index (χ3v) is 4.13. The maximum atomic E-state index is 12.9. The SMILES string of the molecule is COc1cccc(Nc2ccccc2C(=O)N2CCCNCC2)c1. The number of hydrogen-bond donors (Lipinski definition) is 2. The zero-order valence-electron chi connectivity index (χ0n) is 13.9. The zero-order valence-corrected chi connectivity index (χ0v) is 13.9. The highest BCUT2D eigenvalue weighted by molar-refractivity contribution is 6.00. The van der Waals surface area contributed by atoms with Crippen molar-refractivity contribution in [2.75, 3.05) is 38.6 Å². The molecular weight excluding hydrogens is 302 g/mol. The van der Waals surface area contributed by atoms with Crippen molar-refractivity contribution >= 4 is 17.3 Å². The summed E-state index contributed by atoms with van der Waals surface area (Å²) in [6.45, 7) is 3.34. The molecule has 0 saturated carbocycles. The fraction of sp³-hybridized carbons (Fsp3) is 0.316. The topological polar surface area (TPSA) is 53.6 Å². The van der Waals surface area contributed by atoms with Crippen LogP contribution >= 0.6 is 0 Å². The van der Waals surface area contributed by atoms with Gasteiger partial charge in [-0.25, -0.2) is 0 Å². The number of nitrogens with zero attached hydrogens (tertiary/aromatic N) is 1. The lowest BCUT2D eigenvalue weighted by atomic mass is 10.1. The molecular formula is C19H23N3O2. The first kappa shape index (κ1) is 16.3. The first-order chi connectivity index (χ1) is 11.8. The summed E-state index contributed by atoms with van der Waals surface area (Å²) >= 11 is 0. The number of ether oxygens (including phenoxy) is 1. The molecule has 1 amide bonds. The van der Waals surface area contributed by atoms with Gasteiger partial charge in [0, 0.05) is 31.4 Å². The van der Waals surface area contributed by atoms with Gasteiger partial charge in [0.25, 0.3) is 5.91 Å². The molecule has 0 bridgehead atoms. The second-order valence-corrected chi connectivity index (χ2v) is 5.80. The highest BCUT2D eigenvalue weighted by Crippen LogP contribution is 2.25. The minimum absolute atomic E-state index is 0.0738. The van der Waals surface area contributed by atoms with Gasteiger partial charge >= 0.3 is 0 Å². The Kier molecular flexibility index (Phi) is 5.33. The summed E-state index contributed by atoms with van der Waals surface area (Å²) in [6.07, 6.45) is 0.983. The molecule has 5 nitrogen and oxygen atoms in total. The van der Waals surface area contributed by atoms with Crippen LogP contribution in [0.15, 0.2) is 48.5 Å². The third kappa shape index (κ3) is 3.86. The van der Waals surface area contributed by atoms with E-state index < -0.39 is 0 Å². The maximum Gasteiger partial charge on any atom is 0.256 e. The molecule has 3 rings (SSSR count). The van der Waals surface area contributed by atoms with Gasteiger partial charge in [-0.15, -0.1) is 0 Å². The Hall–Kier alpha value is -2.53. The van der Waals surface area contributed by atoms with Crippen LogP contribution in [0.4, 0.5) is 11.4 Å². The lowest BCUT2D eigenvalue weighted by Crippen LogP contribution is -2.34. The highest BCUT2D eigenvalue weighted by atomic mass is 16.5. The molecule has 0 unspecified atom stereocenters. The first-order valence-electron chi connectivity index (χ1n) is 8.28. The van der Waals surface area contributed by atoms with Crippen LogP contribution in [0.1, 0.15) is 16.8 Å². The summed E-state index contributed by atoms with van der Waals surface area (Å²) in [5.41, 5.74) is 2.40. The van der Waals surface area contributed by atoms with E-state index in [-0.39, 0.29) is 5.91 Å². The number of benzene rings is 2. The Balaban J connectivity index is 1.82. The van der Waals surface area contributed by atoms with Crippen molar-refractivity contribution in [2.45, 2.75) is 6.42 Å². The number of para-hydroxylation sites is 1. The number of nitrogens with one attached hydrogen (secondary N) is 2. The quantitative estimate of drug-likeness (QED) is 0.907. The van der Waals surface area contributed by atoms with Crippen molar-refractivity contribution in [1.29, 1.82) is 0 Å². The number of hydrogen-bond acceptors (Lipinski definition) is 4. The summed E-state index contributed by atoms with van der Waals surface area (Å²) in [5, 5.41) is 6.67. The van der Waals surface area contributed by atoms with Crippen molar-refractivity contribution in [3.8, 4) is 5.75 Å². The molecule has 5 heteroatoms. The largest absolute Gasteiger partial charge is 0.497 e. The van der Waals surface area contributed by atoms with Crippen LogP contribution in [-0.2, 0) is 0 Å². The molecule has 0 aromatic heterocycles. The highest BCUT2D eigenvalue weighted by Gasteiger charge is 2.19. The van der Waals surface area contributed by atoms with Crippen LogP contribution in [0.2, 0.25) is 0 Å². The van der Waals surface area contributed by atoms with Crippen molar-refractivity contribution in [3.63, 3.8) is 0 Å². The Morgan fingerprint density at radius 2 is 2.00 bits per heavy atom. The van der Waals surface area contributed by atoms with Gasteiger partial charge in [-0.2, -0.15) is 0 Å². The molecule has 0 spiro atoms. The van der Waals surface area contributed by atoms with Gasteiger partial charge in [0.05, 0.1) is 18.4 Å². The number of amides is 1. The molecule has 1 aliphatic heterocycles. The molecule has 1 fully saturated rings. The van der Waals surface area contributed by atoms with Crippen molar-refractivity contribution < 1.29 is 9.53 Å². The van der Waals surface area contributed by atoms with Crippen molar-refractivity contribution in [3.05, 3.63) is 54.1 Å². The summed E-state index contributed by atoms with van der Waals surface area (Å²) in [7, 11) is 1.64. The zero-order chi connectivity index (χ0) is 16.8. The Bertz CT molecular complexity index is 695. The number of anilines is 2. The van der Waals surface area contributed by atoms with E-state index in [4.69, 9.17) is 4.74 Å². The van der Waals surface area contributed by atoms with Gasteiger partial charge in [0.2, 0.25) is 0 Å². The molecule has 0 atom stereocenters. The van der Waals surface area contributed by atoms with Gasteiger partial charge in [-0.05, 0) is 37.2 Å². The van der Waals surface area contributed by atoms with Crippen LogP contribution in [0.3, 0.4) is 0 Å². The van der Waals surface area contributed by atoms with E-state index in [0.717, 1.165) is 49.7 Å². The monoisotopic (exact) mass is 325 g/mol. The lowest BCUT2D eigenvalue weighted by molar-refractivity contribution is 0.0767. The summed E-state index contributed by atoms with van der Waals surface area (Å²) < 4.78 is 5.26. The van der Waals surface area contributed by atoms with E-state index in [1.54, 1.807) is 7.11 Å². The second-order valence-electron chi connectivity index (χ2n) is 5.80. The second kappa shape index (κ2) is 7.84. The molecule has 2 aromatic carbocycles. The predicted octanol–water partition coefficient (Wildman–Crippen LogP) is 2.87. The minimum Gasteiger partial charge on any atom is -0.497 e. The van der Waals surface area contributed by atoms with Gasteiger partial charge in [0.15, 0.2) is 0 Å². The molecule has 24 heavy (non-hydrogen) atoms. The smallest absolute Gasteiger partial charge is 0.256 e. The first-order valence-corrected chi connectivity index (χ1v) is 8.28. The lowest BCUT2D eigenvalue weighted by Gasteiger charge is -2.22. The molecule has 1 heterocycles. The van der Waals surface area contributed by atoms with Crippen molar-refractivity contribution in [2.24, 2.45) is 0 Å². The average molecular weight is 325 g/mol. The average Bonchev–Trinajstić information content (AvgIpc) is 2.91. The van der Waals surface area contributed by atoms with Crippen molar-refractivity contribution in [1.82, 2.24) is 10.2 Å². The minimum atomic E-state index is 0.0738. The van der Waals surface area contributed by atoms with Gasteiger partial charge in [-0.3, -0.25) is 4.79 Å². The Labute approximate surface area is 142 Å². The summed E-state index contributed by atoms with van der Waals surface area (Å²) in [6, 6.07) is 15.3. The Morgan fingerprint density at radius 1 is 1.12 bits per heavy atom. The Morgan fingerprint density at radius 3 is 2.88 bits per heavy atom. The van der Waals surface area contributed by atoms with Crippen LogP contribution in [0, 0.1) is 0 Å². The third-order valence-electron chi connectivity index (χ3n) is 4.13. The molecule has 1 aliphatic rings. The van der Waals surface area contributed by atoms with E-state index in [0.29, 0.717) is 5.56 Å². The van der Waals surface area contributed by atoms with Gasteiger partial charge < -0.3 is 20.3 Å². The van der Waals surface area contributed by atoms with Crippen LogP contribution in [0.5, 0.6) is 5.75 Å². The number of methoxy groups -OCH3 is 1. The molecule has 2 N–H and O–H groups in total. The molecule has 1 saturated heterocycles. The summed E-state index contributed by atoms with van der Waals surface area (Å²) in [4.78, 5) is 14.8. The fourth-order valence-corrected chi connectivity index (χ4v) is 2.85. The molecule has 0 aliphatic carbocycles. The van der Waals surface area contributed by atoms with Gasteiger partial charge in [0.1, 0.15) is 5.75 Å². The molecule has 2 aromatic rings. The maximum absolute atomic E-state index is 12.9. The van der Waals surface area contributed by atoms with E-state index >= 15 is 0 Å². The van der Waals surface area contributed by atoms with Crippen LogP contribution in [-0.4, -0.2) is 44.1 Å². The molecule has 0 radical (unpaired) electrons. The van der Waals surface area contributed by atoms with E-state index in [2.05, 4.69) is 10.6 Å².